The predicted molar refractivity (Wildman–Crippen MR) is 178 cm³/mol. The molecule has 4 aromatic carbocycles. The molecule has 0 saturated heterocycles. The number of hydrogen-bond donors (Lipinski definition) is 1. The number of rotatable bonds is 12. The average Bonchev–Trinajstić information content (AvgIpc) is 3.57. The summed E-state index contributed by atoms with van der Waals surface area (Å²) in [6.45, 7) is 0.845. The van der Waals surface area contributed by atoms with Crippen LogP contribution in [-0.4, -0.2) is 43.8 Å². The Morgan fingerprint density at radius 1 is 0.913 bits per heavy atom. The van der Waals surface area contributed by atoms with Gasteiger partial charge in [-0.1, -0.05) is 97.2 Å². The van der Waals surface area contributed by atoms with E-state index in [0.717, 1.165) is 35.6 Å². The van der Waals surface area contributed by atoms with E-state index in [0.29, 0.717) is 10.6 Å². The zero-order valence-corrected chi connectivity index (χ0v) is 27.2. The van der Waals surface area contributed by atoms with Gasteiger partial charge in [0.1, 0.15) is 18.4 Å². The van der Waals surface area contributed by atoms with Gasteiger partial charge in [-0.05, 0) is 61.2 Å². The van der Waals surface area contributed by atoms with E-state index >= 15 is 4.39 Å². The SMILES string of the molecule is Cc1ccc(Cl)cc1N(CC(=O)N(Cc1ccccc1F)[C@@H](Cc1ccccc1)C(=O)NC1CCCC1)S(=O)(=O)c1ccccc1. The Morgan fingerprint density at radius 2 is 1.54 bits per heavy atom. The lowest BCUT2D eigenvalue weighted by atomic mass is 10.0. The predicted octanol–water partition coefficient (Wildman–Crippen LogP) is 6.68. The zero-order chi connectivity index (χ0) is 32.7. The second-order valence-electron chi connectivity index (χ2n) is 11.6. The Hall–Kier alpha value is -4.21. The Labute approximate surface area is 275 Å². The maximum absolute atomic E-state index is 15.1. The van der Waals surface area contributed by atoms with E-state index in [2.05, 4.69) is 5.32 Å². The molecule has 240 valence electrons. The number of benzene rings is 4. The normalized spacial score (nSPS) is 14.1. The highest BCUT2D eigenvalue weighted by Gasteiger charge is 2.36. The van der Waals surface area contributed by atoms with Crippen molar-refractivity contribution in [2.24, 2.45) is 0 Å². The zero-order valence-electron chi connectivity index (χ0n) is 25.6. The summed E-state index contributed by atoms with van der Waals surface area (Å²) < 4.78 is 44.5. The van der Waals surface area contributed by atoms with E-state index < -0.39 is 34.3 Å². The number of halogens is 2. The summed E-state index contributed by atoms with van der Waals surface area (Å²) in [6, 6.07) is 26.9. The summed E-state index contributed by atoms with van der Waals surface area (Å²) in [6.07, 6.45) is 3.82. The smallest absolute Gasteiger partial charge is 0.264 e. The maximum Gasteiger partial charge on any atom is 0.264 e. The fourth-order valence-electron chi connectivity index (χ4n) is 5.82. The van der Waals surface area contributed by atoms with E-state index in [1.165, 1.54) is 29.2 Å². The minimum absolute atomic E-state index is 0.0114. The highest BCUT2D eigenvalue weighted by Crippen LogP contribution is 2.30. The summed E-state index contributed by atoms with van der Waals surface area (Å²) in [7, 11) is -4.27. The van der Waals surface area contributed by atoms with Gasteiger partial charge in [-0.2, -0.15) is 0 Å². The van der Waals surface area contributed by atoms with Crippen molar-refractivity contribution in [2.45, 2.75) is 62.6 Å². The number of hydrogen-bond acceptors (Lipinski definition) is 4. The third-order valence-electron chi connectivity index (χ3n) is 8.32. The standard InChI is InChI=1S/C36H37ClFN3O4S/c1-26-20-21-29(37)23-33(26)41(46(44,45)31-17-6-3-7-18-31)25-35(42)40(24-28-14-8-11-19-32(28)38)34(22-27-12-4-2-5-13-27)36(43)39-30-15-9-10-16-30/h2-8,11-14,17-21,23,30,34H,9-10,15-16,22,24-25H2,1H3,(H,39,43)/t34-/m0/s1. The molecule has 10 heteroatoms. The van der Waals surface area contributed by atoms with Gasteiger partial charge in [0.25, 0.3) is 10.0 Å². The summed E-state index contributed by atoms with van der Waals surface area (Å²) in [5.41, 5.74) is 1.82. The monoisotopic (exact) mass is 661 g/mol. The van der Waals surface area contributed by atoms with E-state index in [9.17, 15) is 18.0 Å². The molecule has 0 bridgehead atoms. The summed E-state index contributed by atoms with van der Waals surface area (Å²) >= 11 is 6.33. The van der Waals surface area contributed by atoms with Gasteiger partial charge < -0.3 is 10.2 Å². The molecule has 1 fully saturated rings. The van der Waals surface area contributed by atoms with Crippen molar-refractivity contribution < 1.29 is 22.4 Å². The molecule has 2 amide bonds. The van der Waals surface area contributed by atoms with Crippen LogP contribution in [0.2, 0.25) is 5.02 Å². The Balaban J connectivity index is 1.59. The molecule has 0 radical (unpaired) electrons. The molecule has 1 atom stereocenters. The molecule has 4 aromatic rings. The average molecular weight is 662 g/mol. The van der Waals surface area contributed by atoms with Crippen molar-refractivity contribution in [2.75, 3.05) is 10.8 Å². The summed E-state index contributed by atoms with van der Waals surface area (Å²) in [5, 5.41) is 3.41. The molecule has 46 heavy (non-hydrogen) atoms. The third-order valence-corrected chi connectivity index (χ3v) is 10.3. The fourth-order valence-corrected chi connectivity index (χ4v) is 7.47. The number of carbonyl (C=O) groups excluding carboxylic acids is 2. The molecule has 0 spiro atoms. The first-order valence-corrected chi connectivity index (χ1v) is 17.2. The Bertz CT molecular complexity index is 1770. The minimum Gasteiger partial charge on any atom is -0.352 e. The summed E-state index contributed by atoms with van der Waals surface area (Å²) in [4.78, 5) is 29.9. The lowest BCUT2D eigenvalue weighted by Gasteiger charge is -2.34. The van der Waals surface area contributed by atoms with E-state index in [1.54, 1.807) is 55.5 Å². The van der Waals surface area contributed by atoms with Crippen LogP contribution in [-0.2, 0) is 32.6 Å². The van der Waals surface area contributed by atoms with Crippen molar-refractivity contribution in [3.05, 3.63) is 131 Å². The Morgan fingerprint density at radius 3 is 2.22 bits per heavy atom. The molecule has 1 aliphatic carbocycles. The van der Waals surface area contributed by atoms with Crippen LogP contribution < -0.4 is 9.62 Å². The first kappa shape index (κ1) is 33.2. The maximum atomic E-state index is 15.1. The van der Waals surface area contributed by atoms with Crippen LogP contribution in [0.4, 0.5) is 10.1 Å². The van der Waals surface area contributed by atoms with Gasteiger partial charge in [-0.3, -0.25) is 13.9 Å². The molecule has 1 N–H and O–H groups in total. The topological polar surface area (TPSA) is 86.8 Å². The van der Waals surface area contributed by atoms with Gasteiger partial charge in [0.15, 0.2) is 0 Å². The lowest BCUT2D eigenvalue weighted by Crippen LogP contribution is -2.54. The lowest BCUT2D eigenvalue weighted by molar-refractivity contribution is -0.140. The number of amides is 2. The van der Waals surface area contributed by atoms with Crippen LogP contribution in [0.5, 0.6) is 0 Å². The van der Waals surface area contributed by atoms with Gasteiger partial charge in [0.05, 0.1) is 10.6 Å². The van der Waals surface area contributed by atoms with Crippen molar-refractivity contribution in [1.29, 1.82) is 0 Å². The van der Waals surface area contributed by atoms with E-state index in [1.807, 2.05) is 30.3 Å². The number of sulfonamides is 1. The van der Waals surface area contributed by atoms with Crippen LogP contribution in [0.1, 0.15) is 42.4 Å². The first-order chi connectivity index (χ1) is 22.1. The number of aryl methyl sites for hydroxylation is 1. The second-order valence-corrected chi connectivity index (χ2v) is 13.9. The highest BCUT2D eigenvalue weighted by molar-refractivity contribution is 7.92. The van der Waals surface area contributed by atoms with Crippen molar-refractivity contribution in [3.8, 4) is 0 Å². The van der Waals surface area contributed by atoms with Gasteiger partial charge in [0.2, 0.25) is 11.8 Å². The quantitative estimate of drug-likeness (QED) is 0.184. The molecular formula is C36H37ClFN3O4S. The van der Waals surface area contributed by atoms with Crippen LogP contribution >= 0.6 is 11.6 Å². The number of anilines is 1. The van der Waals surface area contributed by atoms with Crippen LogP contribution in [0.25, 0.3) is 0 Å². The fraction of sp³-hybridized carbons (Fsp3) is 0.278. The van der Waals surface area contributed by atoms with Crippen molar-refractivity contribution in [1.82, 2.24) is 10.2 Å². The van der Waals surface area contributed by atoms with Crippen molar-refractivity contribution >= 4 is 39.1 Å². The van der Waals surface area contributed by atoms with Gasteiger partial charge in [-0.25, -0.2) is 12.8 Å². The molecule has 0 aliphatic heterocycles. The molecule has 7 nitrogen and oxygen atoms in total. The molecule has 1 aliphatic rings. The van der Waals surface area contributed by atoms with Gasteiger partial charge in [0, 0.05) is 29.6 Å². The van der Waals surface area contributed by atoms with Crippen molar-refractivity contribution in [3.63, 3.8) is 0 Å². The molecule has 0 heterocycles. The second kappa shape index (κ2) is 14.9. The van der Waals surface area contributed by atoms with Crippen LogP contribution in [0.3, 0.4) is 0 Å². The number of carbonyl (C=O) groups is 2. The molecule has 1 saturated carbocycles. The molecular weight excluding hydrogens is 625 g/mol. The first-order valence-electron chi connectivity index (χ1n) is 15.3. The molecule has 0 unspecified atom stereocenters. The van der Waals surface area contributed by atoms with Crippen LogP contribution in [0, 0.1) is 12.7 Å². The van der Waals surface area contributed by atoms with Gasteiger partial charge >= 0.3 is 0 Å². The number of nitrogens with one attached hydrogen (secondary N) is 1. The summed E-state index contributed by atoms with van der Waals surface area (Å²) in [5.74, 6) is -1.56. The molecule has 5 rings (SSSR count). The number of nitrogens with zero attached hydrogens (tertiary/aromatic N) is 2. The molecule has 0 aromatic heterocycles. The Kier molecular flexibility index (Phi) is 10.8. The third kappa shape index (κ3) is 7.95. The van der Waals surface area contributed by atoms with E-state index in [4.69, 9.17) is 11.6 Å². The minimum atomic E-state index is -4.27. The highest BCUT2D eigenvalue weighted by atomic mass is 35.5. The largest absolute Gasteiger partial charge is 0.352 e. The van der Waals surface area contributed by atoms with E-state index in [-0.39, 0.29) is 41.1 Å². The van der Waals surface area contributed by atoms with Gasteiger partial charge in [-0.15, -0.1) is 0 Å². The van der Waals surface area contributed by atoms with Crippen LogP contribution in [0.15, 0.2) is 108 Å².